The van der Waals surface area contributed by atoms with Crippen molar-refractivity contribution in [3.63, 3.8) is 0 Å². The third-order valence-corrected chi connectivity index (χ3v) is 3.81. The third-order valence-electron chi connectivity index (χ3n) is 3.81. The first-order valence-corrected chi connectivity index (χ1v) is 6.45. The maximum absolute atomic E-state index is 6.43. The fourth-order valence-corrected chi connectivity index (χ4v) is 2.79. The van der Waals surface area contributed by atoms with Crippen LogP contribution >= 0.6 is 0 Å². The van der Waals surface area contributed by atoms with Gasteiger partial charge in [0.25, 0.3) is 0 Å². The lowest BCUT2D eigenvalue weighted by molar-refractivity contribution is 0.118. The Kier molecular flexibility index (Phi) is 3.02. The summed E-state index contributed by atoms with van der Waals surface area (Å²) < 4.78 is 5.63. The van der Waals surface area contributed by atoms with Crippen molar-refractivity contribution in [1.82, 2.24) is 4.98 Å². The summed E-state index contributed by atoms with van der Waals surface area (Å²) in [6.45, 7) is 2.88. The van der Waals surface area contributed by atoms with Crippen LogP contribution in [0.3, 0.4) is 0 Å². The Labute approximate surface area is 107 Å². The Morgan fingerprint density at radius 1 is 1.39 bits per heavy atom. The second kappa shape index (κ2) is 4.67. The van der Waals surface area contributed by atoms with Crippen LogP contribution in [0.4, 0.5) is 0 Å². The third kappa shape index (κ3) is 2.00. The van der Waals surface area contributed by atoms with Crippen molar-refractivity contribution in [2.24, 2.45) is 11.7 Å². The van der Waals surface area contributed by atoms with E-state index in [2.05, 4.69) is 30.1 Å². The quantitative estimate of drug-likeness (QED) is 0.880. The van der Waals surface area contributed by atoms with E-state index in [0.717, 1.165) is 18.4 Å². The minimum Gasteiger partial charge on any atom is -0.378 e. The van der Waals surface area contributed by atoms with E-state index >= 15 is 0 Å². The van der Waals surface area contributed by atoms with Gasteiger partial charge in [-0.3, -0.25) is 4.98 Å². The second-order valence-electron chi connectivity index (χ2n) is 5.11. The van der Waals surface area contributed by atoms with E-state index in [-0.39, 0.29) is 6.04 Å². The van der Waals surface area contributed by atoms with Crippen LogP contribution in [0.5, 0.6) is 0 Å². The van der Waals surface area contributed by atoms with Gasteiger partial charge < -0.3 is 10.5 Å². The number of ether oxygens (including phenoxy) is 1. The zero-order valence-electron chi connectivity index (χ0n) is 10.5. The first-order chi connectivity index (χ1) is 8.75. The minimum absolute atomic E-state index is 0.0426. The van der Waals surface area contributed by atoms with Crippen molar-refractivity contribution < 1.29 is 4.74 Å². The van der Waals surface area contributed by atoms with Crippen LogP contribution in [0.1, 0.15) is 24.9 Å². The molecular formula is C15H18N2O. The molecule has 0 saturated carbocycles. The van der Waals surface area contributed by atoms with Crippen molar-refractivity contribution in [3.05, 3.63) is 42.2 Å². The number of pyridine rings is 1. The van der Waals surface area contributed by atoms with E-state index in [1.54, 1.807) is 0 Å². The maximum Gasteiger partial charge on any atom is 0.0551 e. The molecule has 3 nitrogen and oxygen atoms in total. The molecule has 0 aliphatic carbocycles. The first-order valence-electron chi connectivity index (χ1n) is 6.45. The van der Waals surface area contributed by atoms with Crippen LogP contribution in [0, 0.1) is 5.92 Å². The van der Waals surface area contributed by atoms with Gasteiger partial charge in [-0.1, -0.05) is 18.2 Å². The maximum atomic E-state index is 6.43. The predicted octanol–water partition coefficient (Wildman–Crippen LogP) is 2.66. The van der Waals surface area contributed by atoms with Gasteiger partial charge in [-0.25, -0.2) is 0 Å². The number of nitrogens with zero attached hydrogens (tertiary/aromatic N) is 1. The zero-order chi connectivity index (χ0) is 12.5. The Morgan fingerprint density at radius 3 is 3.06 bits per heavy atom. The molecule has 0 bridgehead atoms. The van der Waals surface area contributed by atoms with Crippen LogP contribution in [-0.2, 0) is 4.74 Å². The molecule has 18 heavy (non-hydrogen) atoms. The molecule has 3 unspecified atom stereocenters. The lowest BCUT2D eigenvalue weighted by Gasteiger charge is -2.19. The van der Waals surface area contributed by atoms with Gasteiger partial charge in [0, 0.05) is 29.7 Å². The lowest BCUT2D eigenvalue weighted by atomic mass is 9.89. The van der Waals surface area contributed by atoms with Gasteiger partial charge in [-0.2, -0.15) is 0 Å². The molecule has 0 spiro atoms. The molecule has 1 aliphatic heterocycles. The van der Waals surface area contributed by atoms with E-state index in [1.807, 2.05) is 18.5 Å². The molecule has 2 N–H and O–H groups in total. The summed E-state index contributed by atoms with van der Waals surface area (Å²) >= 11 is 0. The monoisotopic (exact) mass is 242 g/mol. The average Bonchev–Trinajstić information content (AvgIpc) is 2.84. The SMILES string of the molecule is CC1CC(C(N)c2cccc3cnccc23)CO1. The van der Waals surface area contributed by atoms with Crippen molar-refractivity contribution in [3.8, 4) is 0 Å². The number of hydrogen-bond donors (Lipinski definition) is 1. The summed E-state index contributed by atoms with van der Waals surface area (Å²) in [5, 5.41) is 2.36. The molecule has 2 heterocycles. The summed E-state index contributed by atoms with van der Waals surface area (Å²) in [5.41, 5.74) is 7.63. The van der Waals surface area contributed by atoms with Crippen LogP contribution in [-0.4, -0.2) is 17.7 Å². The van der Waals surface area contributed by atoms with Crippen LogP contribution in [0.2, 0.25) is 0 Å². The van der Waals surface area contributed by atoms with Gasteiger partial charge >= 0.3 is 0 Å². The molecule has 94 valence electrons. The molecule has 3 rings (SSSR count). The molecule has 1 aliphatic rings. The molecule has 1 aromatic carbocycles. The van der Waals surface area contributed by atoms with E-state index in [1.165, 1.54) is 10.9 Å². The van der Waals surface area contributed by atoms with Gasteiger partial charge in [0.15, 0.2) is 0 Å². The number of fused-ring (bicyclic) bond motifs is 1. The number of benzene rings is 1. The lowest BCUT2D eigenvalue weighted by Crippen LogP contribution is -2.22. The molecule has 1 fully saturated rings. The summed E-state index contributed by atoms with van der Waals surface area (Å²) in [4.78, 5) is 4.16. The normalized spacial score (nSPS) is 25.4. The Balaban J connectivity index is 1.98. The smallest absolute Gasteiger partial charge is 0.0551 e. The molecule has 3 atom stereocenters. The Hall–Kier alpha value is -1.45. The predicted molar refractivity (Wildman–Crippen MR) is 72.2 cm³/mol. The van der Waals surface area contributed by atoms with Crippen molar-refractivity contribution in [2.45, 2.75) is 25.5 Å². The Morgan fingerprint density at radius 2 is 2.28 bits per heavy atom. The topological polar surface area (TPSA) is 48.1 Å². The summed E-state index contributed by atoms with van der Waals surface area (Å²) in [7, 11) is 0. The second-order valence-corrected chi connectivity index (χ2v) is 5.11. The highest BCUT2D eigenvalue weighted by Crippen LogP contribution is 2.33. The van der Waals surface area contributed by atoms with E-state index in [0.29, 0.717) is 12.0 Å². The molecule has 0 amide bonds. The van der Waals surface area contributed by atoms with Gasteiger partial charge in [0.05, 0.1) is 12.7 Å². The van der Waals surface area contributed by atoms with E-state index < -0.39 is 0 Å². The van der Waals surface area contributed by atoms with Crippen molar-refractivity contribution in [2.75, 3.05) is 6.61 Å². The molecule has 0 radical (unpaired) electrons. The van der Waals surface area contributed by atoms with Gasteiger partial charge in [0.1, 0.15) is 0 Å². The van der Waals surface area contributed by atoms with E-state index in [4.69, 9.17) is 10.5 Å². The van der Waals surface area contributed by atoms with Crippen molar-refractivity contribution in [1.29, 1.82) is 0 Å². The van der Waals surface area contributed by atoms with E-state index in [9.17, 15) is 0 Å². The molecule has 1 aromatic heterocycles. The molecule has 1 saturated heterocycles. The number of rotatable bonds is 2. The number of hydrogen-bond acceptors (Lipinski definition) is 3. The fourth-order valence-electron chi connectivity index (χ4n) is 2.79. The standard InChI is InChI=1S/C15H18N2O/c1-10-7-12(9-18-10)15(16)14-4-2-3-11-8-17-6-5-13(11)14/h2-6,8,10,12,15H,7,9,16H2,1H3. The molecule has 3 heteroatoms. The van der Waals surface area contributed by atoms with Crippen LogP contribution in [0.15, 0.2) is 36.7 Å². The summed E-state index contributed by atoms with van der Waals surface area (Å²) in [6.07, 6.45) is 5.09. The van der Waals surface area contributed by atoms with Gasteiger partial charge in [0.2, 0.25) is 0 Å². The van der Waals surface area contributed by atoms with Crippen LogP contribution in [0.25, 0.3) is 10.8 Å². The highest BCUT2D eigenvalue weighted by Gasteiger charge is 2.28. The molecular weight excluding hydrogens is 224 g/mol. The first kappa shape index (κ1) is 11.6. The largest absolute Gasteiger partial charge is 0.378 e. The number of aromatic nitrogens is 1. The summed E-state index contributed by atoms with van der Waals surface area (Å²) in [6, 6.07) is 8.34. The van der Waals surface area contributed by atoms with Gasteiger partial charge in [-0.05, 0) is 30.4 Å². The highest BCUT2D eigenvalue weighted by atomic mass is 16.5. The number of nitrogens with two attached hydrogens (primary N) is 1. The average molecular weight is 242 g/mol. The summed E-state index contributed by atoms with van der Waals surface area (Å²) in [5.74, 6) is 0.416. The van der Waals surface area contributed by atoms with Gasteiger partial charge in [-0.15, -0.1) is 0 Å². The van der Waals surface area contributed by atoms with Crippen LogP contribution < -0.4 is 5.73 Å². The van der Waals surface area contributed by atoms with Crippen molar-refractivity contribution >= 4 is 10.8 Å². The highest BCUT2D eigenvalue weighted by molar-refractivity contribution is 5.85. The minimum atomic E-state index is 0.0426. The Bertz CT molecular complexity index is 550. The fraction of sp³-hybridized carbons (Fsp3) is 0.400. The molecule has 2 aromatic rings. The zero-order valence-corrected chi connectivity index (χ0v) is 10.5.